The van der Waals surface area contributed by atoms with E-state index in [-0.39, 0.29) is 29.6 Å². The van der Waals surface area contributed by atoms with E-state index in [2.05, 4.69) is 5.32 Å². The maximum Gasteiger partial charge on any atom is 0.270 e. The summed E-state index contributed by atoms with van der Waals surface area (Å²) in [6, 6.07) is 3.98. The van der Waals surface area contributed by atoms with Crippen LogP contribution >= 0.6 is 0 Å². The number of morpholine rings is 1. The van der Waals surface area contributed by atoms with Crippen LogP contribution in [0.1, 0.15) is 13.3 Å². The van der Waals surface area contributed by atoms with E-state index >= 15 is 0 Å². The predicted molar refractivity (Wildman–Crippen MR) is 115 cm³/mol. The molecule has 3 rings (SSSR count). The molecule has 2 aliphatic rings. The Morgan fingerprint density at radius 2 is 1.84 bits per heavy atom. The van der Waals surface area contributed by atoms with Gasteiger partial charge in [0.1, 0.15) is 4.90 Å². The minimum Gasteiger partial charge on any atom is -0.379 e. The first-order chi connectivity index (χ1) is 14.8. The number of sulfonamides is 1. The molecule has 1 aromatic rings. The average molecular weight is 456 g/mol. The van der Waals surface area contributed by atoms with Crippen LogP contribution < -0.4 is 10.2 Å². The number of non-ortho nitro benzene ring substituents is 1. The molecule has 0 bridgehead atoms. The lowest BCUT2D eigenvalue weighted by Crippen LogP contribution is -2.50. The van der Waals surface area contributed by atoms with Crippen LogP contribution in [0.15, 0.2) is 23.1 Å². The zero-order valence-corrected chi connectivity index (χ0v) is 18.5. The van der Waals surface area contributed by atoms with Crippen LogP contribution in [0, 0.1) is 10.1 Å². The summed E-state index contributed by atoms with van der Waals surface area (Å²) in [5.74, 6) is -0.0266. The molecule has 0 aromatic heterocycles. The Morgan fingerprint density at radius 3 is 2.45 bits per heavy atom. The third-order valence-corrected chi connectivity index (χ3v) is 7.32. The minimum absolute atomic E-state index is 0.0266. The first-order valence-electron chi connectivity index (χ1n) is 10.4. The molecule has 0 atom stereocenters. The van der Waals surface area contributed by atoms with Crippen LogP contribution in [0.2, 0.25) is 0 Å². The van der Waals surface area contributed by atoms with Gasteiger partial charge in [-0.25, -0.2) is 8.42 Å². The van der Waals surface area contributed by atoms with Crippen molar-refractivity contribution in [2.45, 2.75) is 18.2 Å². The summed E-state index contributed by atoms with van der Waals surface area (Å²) in [6.07, 6.45) is 0.875. The van der Waals surface area contributed by atoms with Crippen LogP contribution in [0.4, 0.5) is 11.4 Å². The molecule has 1 amide bonds. The maximum atomic E-state index is 13.3. The molecule has 172 valence electrons. The molecule has 2 aliphatic heterocycles. The second kappa shape index (κ2) is 10.4. The van der Waals surface area contributed by atoms with Crippen molar-refractivity contribution >= 4 is 27.3 Å². The van der Waals surface area contributed by atoms with E-state index < -0.39 is 14.9 Å². The maximum absolute atomic E-state index is 13.3. The van der Waals surface area contributed by atoms with Crippen molar-refractivity contribution in [3.8, 4) is 0 Å². The minimum atomic E-state index is -3.91. The molecule has 2 heterocycles. The van der Waals surface area contributed by atoms with Crippen molar-refractivity contribution in [1.29, 1.82) is 0 Å². The molecule has 0 spiro atoms. The van der Waals surface area contributed by atoms with Crippen molar-refractivity contribution in [3.05, 3.63) is 28.3 Å². The molecule has 0 radical (unpaired) electrons. The third kappa shape index (κ3) is 5.70. The van der Waals surface area contributed by atoms with E-state index in [9.17, 15) is 23.3 Å². The van der Waals surface area contributed by atoms with Gasteiger partial charge in [-0.2, -0.15) is 4.31 Å². The van der Waals surface area contributed by atoms with Gasteiger partial charge in [0.2, 0.25) is 15.9 Å². The van der Waals surface area contributed by atoms with E-state index in [4.69, 9.17) is 4.74 Å². The van der Waals surface area contributed by atoms with Crippen molar-refractivity contribution < 1.29 is 22.9 Å². The van der Waals surface area contributed by atoms with Crippen LogP contribution in [0.5, 0.6) is 0 Å². The number of ether oxygens (including phenoxy) is 1. The molecule has 2 fully saturated rings. The number of nitro groups is 1. The van der Waals surface area contributed by atoms with Gasteiger partial charge in [0.25, 0.3) is 5.69 Å². The van der Waals surface area contributed by atoms with Gasteiger partial charge in [-0.05, 0) is 12.5 Å². The molecule has 0 unspecified atom stereocenters. The number of nitrogens with one attached hydrogen (secondary N) is 1. The van der Waals surface area contributed by atoms with Gasteiger partial charge < -0.3 is 15.0 Å². The number of rotatable bonds is 8. The molecule has 1 N–H and O–H groups in total. The number of hydrogen-bond acceptors (Lipinski definition) is 8. The van der Waals surface area contributed by atoms with Crippen molar-refractivity contribution in [2.24, 2.45) is 0 Å². The lowest BCUT2D eigenvalue weighted by molar-refractivity contribution is -0.385. The van der Waals surface area contributed by atoms with Gasteiger partial charge in [-0.3, -0.25) is 19.8 Å². The number of hydrogen-bond donors (Lipinski definition) is 1. The SMILES string of the molecule is CCCNC(=O)CN1CCN(c2ccc([N+](=O)[O-])cc2S(=O)(=O)N2CCOCC2)CC1. The highest BCUT2D eigenvalue weighted by molar-refractivity contribution is 7.89. The fourth-order valence-corrected chi connectivity index (χ4v) is 5.32. The lowest BCUT2D eigenvalue weighted by Gasteiger charge is -2.37. The van der Waals surface area contributed by atoms with Crippen molar-refractivity contribution in [3.63, 3.8) is 0 Å². The van der Waals surface area contributed by atoms with Crippen molar-refractivity contribution in [1.82, 2.24) is 14.5 Å². The Balaban J connectivity index is 1.78. The fraction of sp³-hybridized carbons (Fsp3) is 0.632. The average Bonchev–Trinajstić information content (AvgIpc) is 2.78. The van der Waals surface area contributed by atoms with Gasteiger partial charge in [0.15, 0.2) is 0 Å². The highest BCUT2D eigenvalue weighted by Crippen LogP contribution is 2.32. The Hall–Kier alpha value is -2.28. The highest BCUT2D eigenvalue weighted by Gasteiger charge is 2.32. The van der Waals surface area contributed by atoms with E-state index in [1.54, 1.807) is 0 Å². The van der Waals surface area contributed by atoms with Crippen molar-refractivity contribution in [2.75, 3.05) is 70.5 Å². The normalized spacial score (nSPS) is 18.7. The molecule has 0 aliphatic carbocycles. The van der Waals surface area contributed by atoms with Crippen LogP contribution in [-0.4, -0.2) is 94.0 Å². The number of carbonyl (C=O) groups excluding carboxylic acids is 1. The second-order valence-electron chi connectivity index (χ2n) is 7.54. The highest BCUT2D eigenvalue weighted by atomic mass is 32.2. The van der Waals surface area contributed by atoms with Gasteiger partial charge in [0.05, 0.1) is 30.4 Å². The molecular formula is C19H29N5O6S. The summed E-state index contributed by atoms with van der Waals surface area (Å²) in [6.45, 7) is 6.17. The second-order valence-corrected chi connectivity index (χ2v) is 9.45. The summed E-state index contributed by atoms with van der Waals surface area (Å²) in [4.78, 5) is 26.5. The molecule has 0 saturated carbocycles. The Bertz CT molecular complexity index is 895. The number of benzene rings is 1. The fourth-order valence-electron chi connectivity index (χ4n) is 3.68. The molecule has 11 nitrogen and oxygen atoms in total. The number of nitrogens with zero attached hydrogens (tertiary/aromatic N) is 4. The zero-order valence-electron chi connectivity index (χ0n) is 17.7. The quantitative estimate of drug-likeness (QED) is 0.437. The zero-order chi connectivity index (χ0) is 22.4. The largest absolute Gasteiger partial charge is 0.379 e. The molecule has 12 heteroatoms. The first-order valence-corrected chi connectivity index (χ1v) is 11.9. The lowest BCUT2D eigenvalue weighted by atomic mass is 10.2. The van der Waals surface area contributed by atoms with Gasteiger partial charge >= 0.3 is 0 Å². The van der Waals surface area contributed by atoms with E-state index in [0.717, 1.165) is 12.5 Å². The molecule has 31 heavy (non-hydrogen) atoms. The van der Waals surface area contributed by atoms with E-state index in [0.29, 0.717) is 58.2 Å². The summed E-state index contributed by atoms with van der Waals surface area (Å²) >= 11 is 0. The van der Waals surface area contributed by atoms with Gasteiger partial charge in [-0.1, -0.05) is 6.92 Å². The third-order valence-electron chi connectivity index (χ3n) is 5.39. The Morgan fingerprint density at radius 1 is 1.16 bits per heavy atom. The van der Waals surface area contributed by atoms with E-state index in [1.165, 1.54) is 16.4 Å². The summed E-state index contributed by atoms with van der Waals surface area (Å²) in [5.41, 5.74) is 0.189. The number of carbonyl (C=O) groups is 1. The molecule has 2 saturated heterocycles. The van der Waals surface area contributed by atoms with Gasteiger partial charge in [-0.15, -0.1) is 0 Å². The Kier molecular flexibility index (Phi) is 7.81. The van der Waals surface area contributed by atoms with Gasteiger partial charge in [0, 0.05) is 57.9 Å². The Labute approximate surface area is 182 Å². The molecular weight excluding hydrogens is 426 g/mol. The number of amides is 1. The molecule has 1 aromatic carbocycles. The van der Waals surface area contributed by atoms with Crippen LogP contribution in [0.3, 0.4) is 0 Å². The smallest absolute Gasteiger partial charge is 0.270 e. The monoisotopic (exact) mass is 455 g/mol. The topological polar surface area (TPSA) is 125 Å². The van der Waals surface area contributed by atoms with E-state index in [1.807, 2.05) is 16.7 Å². The summed E-state index contributed by atoms with van der Waals surface area (Å²) in [7, 11) is -3.91. The summed E-state index contributed by atoms with van der Waals surface area (Å²) in [5, 5.41) is 14.1. The standard InChI is InChI=1S/C19H29N5O6S/c1-2-5-20-19(25)15-21-6-8-22(9-7-21)17-4-3-16(24(26)27)14-18(17)31(28,29)23-10-12-30-13-11-23/h3-4,14H,2,5-13,15H2,1H3,(H,20,25). The van der Waals surface area contributed by atoms with Crippen LogP contribution in [0.25, 0.3) is 0 Å². The van der Waals surface area contributed by atoms with Crippen LogP contribution in [-0.2, 0) is 19.6 Å². The number of piperazine rings is 1. The number of anilines is 1. The first kappa shape index (κ1) is 23.4. The number of nitro benzene ring substituents is 1. The predicted octanol–water partition coefficient (Wildman–Crippen LogP) is 0.264. The summed E-state index contributed by atoms with van der Waals surface area (Å²) < 4.78 is 33.1.